The normalized spacial score (nSPS) is 11.8. The van der Waals surface area contributed by atoms with Crippen molar-refractivity contribution in [3.8, 4) is 0 Å². The van der Waals surface area contributed by atoms with E-state index in [1.165, 1.54) is 12.1 Å². The Morgan fingerprint density at radius 3 is 2.45 bits per heavy atom. The Morgan fingerprint density at radius 1 is 1.20 bits per heavy atom. The van der Waals surface area contributed by atoms with Crippen LogP contribution in [0.3, 0.4) is 0 Å². The van der Waals surface area contributed by atoms with Gasteiger partial charge in [0.15, 0.2) is 0 Å². The monoisotopic (exact) mass is 300 g/mol. The van der Waals surface area contributed by atoms with Gasteiger partial charge in [0.05, 0.1) is 4.90 Å². The highest BCUT2D eigenvalue weighted by Gasteiger charge is 2.10. The summed E-state index contributed by atoms with van der Waals surface area (Å²) >= 11 is 0. The lowest BCUT2D eigenvalue weighted by Crippen LogP contribution is -2.29. The number of hydrogen-bond donors (Lipinski definition) is 3. The first-order valence-corrected chi connectivity index (χ1v) is 8.31. The second-order valence-electron chi connectivity index (χ2n) is 4.70. The Bertz CT molecular complexity index is 531. The van der Waals surface area contributed by atoms with E-state index in [4.69, 9.17) is 10.9 Å². The lowest BCUT2D eigenvalue weighted by atomic mass is 10.3. The summed E-state index contributed by atoms with van der Waals surface area (Å²) in [7, 11) is -3.73. The van der Waals surface area contributed by atoms with E-state index < -0.39 is 10.0 Å². The zero-order chi connectivity index (χ0) is 15.2. The molecule has 0 radical (unpaired) electrons. The number of anilines is 2. The molecule has 1 aromatic carbocycles. The van der Waals surface area contributed by atoms with Crippen LogP contribution in [0, 0.1) is 0 Å². The highest BCUT2D eigenvalue weighted by molar-refractivity contribution is 7.89. The summed E-state index contributed by atoms with van der Waals surface area (Å²) in [5.74, 6) is 0. The summed E-state index contributed by atoms with van der Waals surface area (Å²) in [4.78, 5) is 2.35. The molecule has 5 N–H and O–H groups in total. The van der Waals surface area contributed by atoms with Crippen LogP contribution in [0.25, 0.3) is 0 Å². The maximum absolute atomic E-state index is 11.3. The molecule has 20 heavy (non-hydrogen) atoms. The summed E-state index contributed by atoms with van der Waals surface area (Å²) in [5.41, 5.74) is 6.73. The second-order valence-corrected chi connectivity index (χ2v) is 6.26. The van der Waals surface area contributed by atoms with E-state index in [-0.39, 0.29) is 4.90 Å². The van der Waals surface area contributed by atoms with Crippen molar-refractivity contribution in [2.24, 2.45) is 5.14 Å². The third-order valence-corrected chi connectivity index (χ3v) is 3.89. The van der Waals surface area contributed by atoms with Crippen molar-refractivity contribution in [2.45, 2.75) is 25.2 Å². The number of hydrogen-bond acceptors (Lipinski definition) is 5. The topological polar surface area (TPSA) is 101 Å². The van der Waals surface area contributed by atoms with Gasteiger partial charge in [-0.25, -0.2) is 13.6 Å². The van der Waals surface area contributed by atoms with Crippen LogP contribution in [0.1, 0.15) is 20.3 Å². The first kappa shape index (κ1) is 16.7. The number of nitrogen functional groups attached to an aromatic ring is 1. The van der Waals surface area contributed by atoms with Crippen molar-refractivity contribution < 1.29 is 8.42 Å². The highest BCUT2D eigenvalue weighted by Crippen LogP contribution is 2.19. The van der Waals surface area contributed by atoms with Crippen LogP contribution in [0.4, 0.5) is 11.4 Å². The van der Waals surface area contributed by atoms with Crippen LogP contribution in [0.15, 0.2) is 23.1 Å². The molecule has 0 aromatic heterocycles. The number of rotatable bonds is 8. The van der Waals surface area contributed by atoms with Crippen LogP contribution in [0.2, 0.25) is 0 Å². The van der Waals surface area contributed by atoms with Crippen molar-refractivity contribution in [3.63, 3.8) is 0 Å². The number of nitrogens with one attached hydrogen (secondary N) is 1. The lowest BCUT2D eigenvalue weighted by Gasteiger charge is -2.20. The lowest BCUT2D eigenvalue weighted by molar-refractivity contribution is 0.300. The minimum absolute atomic E-state index is 0.0286. The summed E-state index contributed by atoms with van der Waals surface area (Å²) in [6, 6.07) is 4.56. The van der Waals surface area contributed by atoms with Gasteiger partial charge in [-0.2, -0.15) is 0 Å². The minimum Gasteiger partial charge on any atom is -0.399 e. The predicted octanol–water partition coefficient (Wildman–Crippen LogP) is 1.06. The van der Waals surface area contributed by atoms with Gasteiger partial charge < -0.3 is 16.0 Å². The minimum atomic E-state index is -3.73. The van der Waals surface area contributed by atoms with Gasteiger partial charge in [0.1, 0.15) is 0 Å². The average molecular weight is 300 g/mol. The van der Waals surface area contributed by atoms with Crippen LogP contribution in [-0.4, -0.2) is 39.5 Å². The molecule has 1 aromatic rings. The van der Waals surface area contributed by atoms with E-state index in [9.17, 15) is 8.42 Å². The van der Waals surface area contributed by atoms with Crippen LogP contribution >= 0.6 is 0 Å². The zero-order valence-electron chi connectivity index (χ0n) is 12.1. The number of nitrogens with zero attached hydrogens (tertiary/aromatic N) is 1. The number of sulfonamides is 1. The van der Waals surface area contributed by atoms with Crippen LogP contribution in [0.5, 0.6) is 0 Å². The standard InChI is InChI=1S/C13H24N4O2S/c1-3-6-17(4-2)7-5-16-12-8-11(14)9-13(10-12)20(15,18)19/h8-10,16H,3-7,14H2,1-2H3,(H2,15,18,19). The Labute approximate surface area is 121 Å². The van der Waals surface area contributed by atoms with Crippen molar-refractivity contribution in [3.05, 3.63) is 18.2 Å². The van der Waals surface area contributed by atoms with Gasteiger partial charge in [0, 0.05) is 24.5 Å². The molecular formula is C13H24N4O2S. The molecule has 0 saturated heterocycles. The Morgan fingerprint density at radius 2 is 1.90 bits per heavy atom. The molecule has 114 valence electrons. The SMILES string of the molecule is CCCN(CC)CCNc1cc(N)cc(S(N)(=O)=O)c1. The smallest absolute Gasteiger partial charge is 0.238 e. The fourth-order valence-corrected chi connectivity index (χ4v) is 2.58. The van der Waals surface area contributed by atoms with Gasteiger partial charge in [0.2, 0.25) is 10.0 Å². The second kappa shape index (κ2) is 7.47. The summed E-state index contributed by atoms with van der Waals surface area (Å²) in [6.07, 6.45) is 1.11. The summed E-state index contributed by atoms with van der Waals surface area (Å²) in [5, 5.41) is 8.29. The molecule has 0 saturated carbocycles. The number of primary sulfonamides is 1. The van der Waals surface area contributed by atoms with E-state index in [0.29, 0.717) is 11.4 Å². The molecule has 1 rings (SSSR count). The van der Waals surface area contributed by atoms with Crippen molar-refractivity contribution >= 4 is 21.4 Å². The molecule has 0 fully saturated rings. The number of nitrogens with two attached hydrogens (primary N) is 2. The van der Waals surface area contributed by atoms with E-state index in [1.54, 1.807) is 6.07 Å². The average Bonchev–Trinajstić information content (AvgIpc) is 2.36. The van der Waals surface area contributed by atoms with Gasteiger partial charge in [-0.15, -0.1) is 0 Å². The Balaban J connectivity index is 2.67. The van der Waals surface area contributed by atoms with E-state index in [2.05, 4.69) is 24.1 Å². The molecule has 0 bridgehead atoms. The number of likely N-dealkylation sites (N-methyl/N-ethyl adjacent to an activating group) is 1. The first-order valence-electron chi connectivity index (χ1n) is 6.76. The van der Waals surface area contributed by atoms with Crippen molar-refractivity contribution in [1.82, 2.24) is 4.90 Å². The fraction of sp³-hybridized carbons (Fsp3) is 0.538. The fourth-order valence-electron chi connectivity index (χ4n) is 1.99. The number of benzene rings is 1. The maximum Gasteiger partial charge on any atom is 0.238 e. The third kappa shape index (κ3) is 5.36. The molecule has 0 aliphatic carbocycles. The first-order chi connectivity index (χ1) is 9.36. The molecule has 0 unspecified atom stereocenters. The van der Waals surface area contributed by atoms with E-state index in [1.807, 2.05) is 0 Å². The molecule has 0 aliphatic rings. The Kier molecular flexibility index (Phi) is 6.25. The van der Waals surface area contributed by atoms with Crippen molar-refractivity contribution in [2.75, 3.05) is 37.2 Å². The molecular weight excluding hydrogens is 276 g/mol. The predicted molar refractivity (Wildman–Crippen MR) is 83.1 cm³/mol. The highest BCUT2D eigenvalue weighted by atomic mass is 32.2. The maximum atomic E-state index is 11.3. The third-order valence-electron chi connectivity index (χ3n) is 3.00. The van der Waals surface area contributed by atoms with Gasteiger partial charge in [-0.3, -0.25) is 0 Å². The quantitative estimate of drug-likeness (QED) is 0.623. The molecule has 7 heteroatoms. The van der Waals surface area contributed by atoms with Gasteiger partial charge >= 0.3 is 0 Å². The largest absolute Gasteiger partial charge is 0.399 e. The van der Waals surface area contributed by atoms with E-state index >= 15 is 0 Å². The molecule has 0 aliphatic heterocycles. The van der Waals surface area contributed by atoms with Crippen LogP contribution in [-0.2, 0) is 10.0 Å². The molecule has 0 heterocycles. The van der Waals surface area contributed by atoms with Crippen molar-refractivity contribution in [1.29, 1.82) is 0 Å². The van der Waals surface area contributed by atoms with E-state index in [0.717, 1.165) is 32.6 Å². The molecule has 0 spiro atoms. The Hall–Kier alpha value is -1.31. The zero-order valence-corrected chi connectivity index (χ0v) is 12.9. The molecule has 0 atom stereocenters. The molecule has 0 amide bonds. The van der Waals surface area contributed by atoms with Gasteiger partial charge in [-0.05, 0) is 37.7 Å². The summed E-state index contributed by atoms with van der Waals surface area (Å²) < 4.78 is 22.7. The van der Waals surface area contributed by atoms with Crippen LogP contribution < -0.4 is 16.2 Å². The molecule has 6 nitrogen and oxygen atoms in total. The summed E-state index contributed by atoms with van der Waals surface area (Å²) in [6.45, 7) is 7.93. The van der Waals surface area contributed by atoms with Gasteiger partial charge in [0.25, 0.3) is 0 Å². The van der Waals surface area contributed by atoms with Gasteiger partial charge in [-0.1, -0.05) is 13.8 Å².